The second-order valence-corrected chi connectivity index (χ2v) is 6.47. The van der Waals surface area contributed by atoms with E-state index < -0.39 is 5.97 Å². The van der Waals surface area contributed by atoms with E-state index in [1.54, 1.807) is 13.0 Å². The predicted molar refractivity (Wildman–Crippen MR) is 81.7 cm³/mol. The number of hydrogen-bond donors (Lipinski definition) is 2. The van der Waals surface area contributed by atoms with E-state index >= 15 is 0 Å². The van der Waals surface area contributed by atoms with Crippen molar-refractivity contribution in [3.8, 4) is 0 Å². The number of nitrogens with one attached hydrogen (secondary N) is 1. The van der Waals surface area contributed by atoms with E-state index in [1.165, 1.54) is 0 Å². The van der Waals surface area contributed by atoms with Gasteiger partial charge in [-0.15, -0.1) is 0 Å². The molecule has 0 saturated heterocycles. The van der Waals surface area contributed by atoms with E-state index in [9.17, 15) is 9.59 Å². The molecule has 0 aliphatic heterocycles. The van der Waals surface area contributed by atoms with Gasteiger partial charge in [0.1, 0.15) is 0 Å². The van der Waals surface area contributed by atoms with Crippen LogP contribution in [0.15, 0.2) is 18.2 Å². The summed E-state index contributed by atoms with van der Waals surface area (Å²) in [5.74, 6) is -0.889. The van der Waals surface area contributed by atoms with Crippen LogP contribution < -0.4 is 5.32 Å². The number of carboxylic acids is 1. The van der Waals surface area contributed by atoms with E-state index in [4.69, 9.17) is 28.3 Å². The standard InChI is InChI=1S/C15H17Cl2NO3/c1-8(2-14(19)20)7-18-15(21)13-6-12(13)9-3-10(16)5-11(17)4-9/h3-5,8,12-13H,2,6-7H2,1H3,(H,18,21)(H,19,20). The molecule has 2 N–H and O–H groups in total. The Morgan fingerprint density at radius 2 is 1.95 bits per heavy atom. The summed E-state index contributed by atoms with van der Waals surface area (Å²) < 4.78 is 0. The van der Waals surface area contributed by atoms with Gasteiger partial charge in [-0.2, -0.15) is 0 Å². The van der Waals surface area contributed by atoms with Gasteiger partial charge in [-0.05, 0) is 42.0 Å². The maximum Gasteiger partial charge on any atom is 0.303 e. The van der Waals surface area contributed by atoms with Gasteiger partial charge < -0.3 is 10.4 Å². The number of carbonyl (C=O) groups excluding carboxylic acids is 1. The van der Waals surface area contributed by atoms with Crippen LogP contribution in [0.5, 0.6) is 0 Å². The van der Waals surface area contributed by atoms with Gasteiger partial charge in [0.2, 0.25) is 5.91 Å². The molecule has 1 fully saturated rings. The van der Waals surface area contributed by atoms with E-state index in [1.807, 2.05) is 12.1 Å². The molecule has 3 atom stereocenters. The number of benzene rings is 1. The van der Waals surface area contributed by atoms with Gasteiger partial charge in [-0.1, -0.05) is 30.1 Å². The largest absolute Gasteiger partial charge is 0.481 e. The van der Waals surface area contributed by atoms with Crippen LogP contribution in [0.1, 0.15) is 31.2 Å². The Labute approximate surface area is 133 Å². The third-order valence-electron chi connectivity index (χ3n) is 3.59. The summed E-state index contributed by atoms with van der Waals surface area (Å²) in [6.45, 7) is 2.18. The Bertz CT molecular complexity index is 542. The van der Waals surface area contributed by atoms with Gasteiger partial charge >= 0.3 is 5.97 Å². The number of aliphatic carboxylic acids is 1. The first kappa shape index (κ1) is 16.1. The van der Waals surface area contributed by atoms with Gasteiger partial charge in [0.15, 0.2) is 0 Å². The number of halogens is 2. The lowest BCUT2D eigenvalue weighted by Gasteiger charge is -2.10. The molecule has 1 aromatic rings. The number of amides is 1. The van der Waals surface area contributed by atoms with Crippen molar-refractivity contribution in [2.45, 2.75) is 25.7 Å². The fourth-order valence-electron chi connectivity index (χ4n) is 2.42. The minimum Gasteiger partial charge on any atom is -0.481 e. The molecular formula is C15H17Cl2NO3. The summed E-state index contributed by atoms with van der Waals surface area (Å²) in [4.78, 5) is 22.6. The smallest absolute Gasteiger partial charge is 0.303 e. The zero-order valence-corrected chi connectivity index (χ0v) is 13.1. The molecule has 1 aliphatic rings. The highest BCUT2D eigenvalue weighted by Gasteiger charge is 2.44. The average Bonchev–Trinajstić information content (AvgIpc) is 3.14. The predicted octanol–water partition coefficient (Wildman–Crippen LogP) is 3.32. The first-order chi connectivity index (χ1) is 9.86. The Morgan fingerprint density at radius 3 is 2.52 bits per heavy atom. The quantitative estimate of drug-likeness (QED) is 0.841. The van der Waals surface area contributed by atoms with Crippen molar-refractivity contribution in [3.05, 3.63) is 33.8 Å². The van der Waals surface area contributed by atoms with Crippen molar-refractivity contribution in [1.82, 2.24) is 5.32 Å². The molecule has 4 nitrogen and oxygen atoms in total. The summed E-state index contributed by atoms with van der Waals surface area (Å²) in [5, 5.41) is 12.6. The molecule has 0 spiro atoms. The van der Waals surface area contributed by atoms with Crippen LogP contribution >= 0.6 is 23.2 Å². The van der Waals surface area contributed by atoms with Crippen molar-refractivity contribution in [1.29, 1.82) is 0 Å². The lowest BCUT2D eigenvalue weighted by molar-refractivity contribution is -0.138. The van der Waals surface area contributed by atoms with E-state index in [0.29, 0.717) is 16.6 Å². The molecule has 114 valence electrons. The third kappa shape index (κ3) is 4.61. The molecule has 21 heavy (non-hydrogen) atoms. The van der Waals surface area contributed by atoms with Crippen LogP contribution in [-0.2, 0) is 9.59 Å². The average molecular weight is 330 g/mol. The first-order valence-corrected chi connectivity index (χ1v) is 7.58. The van der Waals surface area contributed by atoms with Gasteiger partial charge in [0, 0.05) is 28.9 Å². The molecule has 6 heteroatoms. The van der Waals surface area contributed by atoms with Crippen LogP contribution in [0.25, 0.3) is 0 Å². The molecule has 0 heterocycles. The van der Waals surface area contributed by atoms with E-state index in [2.05, 4.69) is 5.32 Å². The van der Waals surface area contributed by atoms with Gasteiger partial charge in [-0.3, -0.25) is 9.59 Å². The zero-order valence-electron chi connectivity index (χ0n) is 11.6. The van der Waals surface area contributed by atoms with Crippen molar-refractivity contribution in [2.75, 3.05) is 6.54 Å². The Balaban J connectivity index is 1.85. The molecule has 1 saturated carbocycles. The molecule has 3 unspecified atom stereocenters. The normalized spacial score (nSPS) is 21.7. The summed E-state index contributed by atoms with van der Waals surface area (Å²) in [5.41, 5.74) is 0.978. The van der Waals surface area contributed by atoms with Crippen molar-refractivity contribution in [3.63, 3.8) is 0 Å². The molecule has 1 aromatic carbocycles. The summed E-state index contributed by atoms with van der Waals surface area (Å²) >= 11 is 11.9. The van der Waals surface area contributed by atoms with Gasteiger partial charge in [-0.25, -0.2) is 0 Å². The summed E-state index contributed by atoms with van der Waals surface area (Å²) in [7, 11) is 0. The maximum absolute atomic E-state index is 12.0. The van der Waals surface area contributed by atoms with E-state index in [0.717, 1.165) is 12.0 Å². The lowest BCUT2D eigenvalue weighted by atomic mass is 10.1. The second-order valence-electron chi connectivity index (χ2n) is 5.60. The highest BCUT2D eigenvalue weighted by atomic mass is 35.5. The van der Waals surface area contributed by atoms with Crippen LogP contribution in [0, 0.1) is 11.8 Å². The molecule has 1 amide bonds. The zero-order chi connectivity index (χ0) is 15.6. The molecule has 1 aliphatic carbocycles. The molecule has 0 aromatic heterocycles. The Kier molecular flexibility index (Phi) is 5.12. The number of hydrogen-bond acceptors (Lipinski definition) is 2. The minimum atomic E-state index is -0.852. The van der Waals surface area contributed by atoms with Crippen LogP contribution in [-0.4, -0.2) is 23.5 Å². The number of rotatable bonds is 6. The summed E-state index contributed by atoms with van der Waals surface area (Å²) in [6.07, 6.45) is 0.827. The van der Waals surface area contributed by atoms with Crippen LogP contribution in [0.2, 0.25) is 10.0 Å². The SMILES string of the molecule is CC(CNC(=O)C1CC1c1cc(Cl)cc(Cl)c1)CC(=O)O. The van der Waals surface area contributed by atoms with Crippen molar-refractivity contribution >= 4 is 35.1 Å². The van der Waals surface area contributed by atoms with Crippen LogP contribution in [0.4, 0.5) is 0 Å². The van der Waals surface area contributed by atoms with E-state index in [-0.39, 0.29) is 30.1 Å². The Hall–Kier alpha value is -1.26. The van der Waals surface area contributed by atoms with Crippen molar-refractivity contribution in [2.24, 2.45) is 11.8 Å². The van der Waals surface area contributed by atoms with Crippen LogP contribution in [0.3, 0.4) is 0 Å². The summed E-state index contributed by atoms with van der Waals surface area (Å²) in [6, 6.07) is 5.33. The molecule has 0 radical (unpaired) electrons. The third-order valence-corrected chi connectivity index (χ3v) is 4.02. The minimum absolute atomic E-state index is 0.0339. The second kappa shape index (κ2) is 6.67. The molecule has 0 bridgehead atoms. The fourth-order valence-corrected chi connectivity index (χ4v) is 2.96. The lowest BCUT2D eigenvalue weighted by Crippen LogP contribution is -2.30. The molecule has 2 rings (SSSR count). The highest BCUT2D eigenvalue weighted by molar-refractivity contribution is 6.34. The Morgan fingerprint density at radius 1 is 1.33 bits per heavy atom. The monoisotopic (exact) mass is 329 g/mol. The fraction of sp³-hybridized carbons (Fsp3) is 0.467. The van der Waals surface area contributed by atoms with Crippen molar-refractivity contribution < 1.29 is 14.7 Å². The van der Waals surface area contributed by atoms with Gasteiger partial charge in [0.25, 0.3) is 0 Å². The topological polar surface area (TPSA) is 66.4 Å². The number of carbonyl (C=O) groups is 2. The highest BCUT2D eigenvalue weighted by Crippen LogP contribution is 2.48. The molecular weight excluding hydrogens is 313 g/mol. The number of carboxylic acid groups (broad SMARTS) is 1. The maximum atomic E-state index is 12.0. The van der Waals surface area contributed by atoms with Gasteiger partial charge in [0.05, 0.1) is 0 Å². The first-order valence-electron chi connectivity index (χ1n) is 6.82.